The van der Waals surface area contributed by atoms with Gasteiger partial charge in [0.1, 0.15) is 0 Å². The van der Waals surface area contributed by atoms with Crippen LogP contribution >= 0.6 is 0 Å². The lowest BCUT2D eigenvalue weighted by Gasteiger charge is -2.09. The predicted octanol–water partition coefficient (Wildman–Crippen LogP) is 2.01. The molecule has 110 valence electrons. The fourth-order valence-corrected chi connectivity index (χ4v) is 1.75. The second-order valence-electron chi connectivity index (χ2n) is 4.00. The van der Waals surface area contributed by atoms with Crippen molar-refractivity contribution in [1.82, 2.24) is 9.97 Å². The van der Waals surface area contributed by atoms with Gasteiger partial charge in [-0.3, -0.25) is 10.1 Å². The van der Waals surface area contributed by atoms with Crippen molar-refractivity contribution in [3.63, 3.8) is 0 Å². The smallest absolute Gasteiger partial charge is 0.311 e. The third-order valence-electron chi connectivity index (χ3n) is 2.74. The fraction of sp³-hybridized carbons (Fsp3) is 0.231. The molecule has 2 heterocycles. The highest BCUT2D eigenvalue weighted by Crippen LogP contribution is 2.26. The molecular formula is C13H14N4O4. The summed E-state index contributed by atoms with van der Waals surface area (Å²) in [5.41, 5.74) is 0.637. The van der Waals surface area contributed by atoms with Crippen LogP contribution in [0.15, 0.2) is 30.5 Å². The molecule has 0 fully saturated rings. The highest BCUT2D eigenvalue weighted by Gasteiger charge is 2.16. The summed E-state index contributed by atoms with van der Waals surface area (Å²) in [7, 11) is 2.96. The second-order valence-corrected chi connectivity index (χ2v) is 4.00. The van der Waals surface area contributed by atoms with Crippen LogP contribution in [0, 0.1) is 10.1 Å². The van der Waals surface area contributed by atoms with Crippen LogP contribution in [-0.4, -0.2) is 29.1 Å². The van der Waals surface area contributed by atoms with Crippen molar-refractivity contribution in [2.24, 2.45) is 0 Å². The van der Waals surface area contributed by atoms with Gasteiger partial charge in [0.2, 0.25) is 17.6 Å². The number of aromatic nitrogens is 2. The summed E-state index contributed by atoms with van der Waals surface area (Å²) in [6.45, 7) is 0.290. The van der Waals surface area contributed by atoms with Crippen LogP contribution in [0.5, 0.6) is 11.8 Å². The van der Waals surface area contributed by atoms with Crippen molar-refractivity contribution >= 4 is 11.5 Å². The highest BCUT2D eigenvalue weighted by molar-refractivity contribution is 5.57. The van der Waals surface area contributed by atoms with Gasteiger partial charge < -0.3 is 14.8 Å². The first kappa shape index (κ1) is 14.5. The quantitative estimate of drug-likeness (QED) is 0.641. The molecule has 0 saturated carbocycles. The normalized spacial score (nSPS) is 10.0. The molecule has 21 heavy (non-hydrogen) atoms. The average Bonchev–Trinajstić information content (AvgIpc) is 2.52. The molecule has 0 amide bonds. The molecule has 0 atom stereocenters. The van der Waals surface area contributed by atoms with Gasteiger partial charge in [0.05, 0.1) is 19.1 Å². The Balaban J connectivity index is 2.24. The molecule has 0 bridgehead atoms. The minimum absolute atomic E-state index is 0.126. The number of ether oxygens (including phenoxy) is 2. The van der Waals surface area contributed by atoms with Gasteiger partial charge in [-0.25, -0.2) is 4.98 Å². The molecule has 0 aromatic carbocycles. The van der Waals surface area contributed by atoms with Crippen molar-refractivity contribution in [3.8, 4) is 11.8 Å². The van der Waals surface area contributed by atoms with Crippen molar-refractivity contribution in [2.45, 2.75) is 6.54 Å². The van der Waals surface area contributed by atoms with Gasteiger partial charge in [0.25, 0.3) is 0 Å². The maximum atomic E-state index is 11.0. The maximum absolute atomic E-state index is 11.0. The molecule has 2 aromatic heterocycles. The highest BCUT2D eigenvalue weighted by atomic mass is 16.6. The number of anilines is 1. The molecular weight excluding hydrogens is 276 g/mol. The lowest BCUT2D eigenvalue weighted by atomic mass is 10.2. The van der Waals surface area contributed by atoms with Crippen LogP contribution in [0.25, 0.3) is 0 Å². The van der Waals surface area contributed by atoms with Crippen LogP contribution in [0.1, 0.15) is 5.56 Å². The summed E-state index contributed by atoms with van der Waals surface area (Å²) in [6.07, 6.45) is 1.61. The number of hydrogen-bond donors (Lipinski definition) is 1. The molecule has 0 unspecified atom stereocenters. The van der Waals surface area contributed by atoms with Crippen LogP contribution in [0.3, 0.4) is 0 Å². The van der Waals surface area contributed by atoms with E-state index in [4.69, 9.17) is 9.47 Å². The van der Waals surface area contributed by atoms with E-state index in [1.165, 1.54) is 26.4 Å². The van der Waals surface area contributed by atoms with E-state index in [0.717, 1.165) is 5.56 Å². The SMILES string of the molecule is COc1ccc([N+](=O)[O-])c(NCc2cccnc2OC)n1. The topological polar surface area (TPSA) is 99.4 Å². The Morgan fingerprint density at radius 1 is 1.29 bits per heavy atom. The van der Waals surface area contributed by atoms with E-state index in [1.807, 2.05) is 6.07 Å². The number of nitro groups is 1. The lowest BCUT2D eigenvalue weighted by molar-refractivity contribution is -0.384. The van der Waals surface area contributed by atoms with Crippen LogP contribution in [0.2, 0.25) is 0 Å². The van der Waals surface area contributed by atoms with E-state index in [-0.39, 0.29) is 18.1 Å². The van der Waals surface area contributed by atoms with E-state index in [2.05, 4.69) is 15.3 Å². The van der Waals surface area contributed by atoms with Crippen molar-refractivity contribution in [3.05, 3.63) is 46.1 Å². The molecule has 0 radical (unpaired) electrons. The summed E-state index contributed by atoms with van der Waals surface area (Å²) in [5.74, 6) is 0.877. The zero-order valence-electron chi connectivity index (χ0n) is 11.6. The maximum Gasteiger partial charge on any atom is 0.311 e. The first-order valence-electron chi connectivity index (χ1n) is 6.07. The molecule has 2 aromatic rings. The van der Waals surface area contributed by atoms with Crippen molar-refractivity contribution < 1.29 is 14.4 Å². The predicted molar refractivity (Wildman–Crippen MR) is 75.6 cm³/mol. The monoisotopic (exact) mass is 290 g/mol. The largest absolute Gasteiger partial charge is 0.481 e. The van der Waals surface area contributed by atoms with Gasteiger partial charge in [-0.1, -0.05) is 6.07 Å². The Kier molecular flexibility index (Phi) is 4.50. The zero-order valence-corrected chi connectivity index (χ0v) is 11.6. The van der Waals surface area contributed by atoms with E-state index in [0.29, 0.717) is 11.8 Å². The Bertz CT molecular complexity index is 648. The van der Waals surface area contributed by atoms with E-state index >= 15 is 0 Å². The third kappa shape index (κ3) is 3.35. The number of hydrogen-bond acceptors (Lipinski definition) is 7. The summed E-state index contributed by atoms with van der Waals surface area (Å²) < 4.78 is 10.1. The lowest BCUT2D eigenvalue weighted by Crippen LogP contribution is -2.07. The zero-order chi connectivity index (χ0) is 15.2. The molecule has 0 aliphatic rings. The van der Waals surface area contributed by atoms with Gasteiger partial charge >= 0.3 is 5.69 Å². The fourth-order valence-electron chi connectivity index (χ4n) is 1.75. The van der Waals surface area contributed by atoms with Crippen molar-refractivity contribution in [2.75, 3.05) is 19.5 Å². The molecule has 0 aliphatic heterocycles. The van der Waals surface area contributed by atoms with Gasteiger partial charge in [-0.15, -0.1) is 0 Å². The van der Waals surface area contributed by atoms with Crippen LogP contribution < -0.4 is 14.8 Å². The Labute approximate surface area is 120 Å². The number of nitrogens with one attached hydrogen (secondary N) is 1. The van der Waals surface area contributed by atoms with Crippen LogP contribution in [0.4, 0.5) is 11.5 Å². The molecule has 0 spiro atoms. The summed E-state index contributed by atoms with van der Waals surface area (Å²) in [6, 6.07) is 6.35. The molecule has 8 nitrogen and oxygen atoms in total. The van der Waals surface area contributed by atoms with E-state index < -0.39 is 4.92 Å². The Morgan fingerprint density at radius 3 is 2.76 bits per heavy atom. The molecule has 0 saturated heterocycles. The number of nitrogens with zero attached hydrogens (tertiary/aromatic N) is 3. The van der Waals surface area contributed by atoms with Crippen molar-refractivity contribution in [1.29, 1.82) is 0 Å². The second kappa shape index (κ2) is 6.51. The Morgan fingerprint density at radius 2 is 2.10 bits per heavy atom. The number of rotatable bonds is 6. The summed E-state index contributed by atoms with van der Waals surface area (Å²) in [5, 5.41) is 13.9. The molecule has 2 rings (SSSR count). The Hall–Kier alpha value is -2.90. The molecule has 0 aliphatic carbocycles. The van der Waals surface area contributed by atoms with E-state index in [1.54, 1.807) is 12.3 Å². The van der Waals surface area contributed by atoms with Gasteiger partial charge in [-0.2, -0.15) is 4.98 Å². The van der Waals surface area contributed by atoms with Gasteiger partial charge in [0.15, 0.2) is 0 Å². The molecule has 1 N–H and O–H groups in total. The van der Waals surface area contributed by atoms with Gasteiger partial charge in [-0.05, 0) is 6.07 Å². The molecule has 8 heteroatoms. The summed E-state index contributed by atoms with van der Waals surface area (Å²) >= 11 is 0. The van der Waals surface area contributed by atoms with Gasteiger partial charge in [0, 0.05) is 30.4 Å². The van der Waals surface area contributed by atoms with E-state index in [9.17, 15) is 10.1 Å². The minimum Gasteiger partial charge on any atom is -0.481 e. The summed E-state index contributed by atoms with van der Waals surface area (Å²) in [4.78, 5) is 18.6. The number of methoxy groups -OCH3 is 2. The third-order valence-corrected chi connectivity index (χ3v) is 2.74. The minimum atomic E-state index is -0.505. The standard InChI is InChI=1S/C13H14N4O4/c1-20-11-6-5-10(17(18)19)12(16-11)15-8-9-4-3-7-14-13(9)21-2/h3-7H,8H2,1-2H3,(H,15,16). The first-order valence-corrected chi connectivity index (χ1v) is 6.07. The average molecular weight is 290 g/mol. The first-order chi connectivity index (χ1) is 10.2. The van der Waals surface area contributed by atoms with Crippen LogP contribution in [-0.2, 0) is 6.54 Å². The number of pyridine rings is 2.